The van der Waals surface area contributed by atoms with E-state index >= 15 is 0 Å². The fourth-order valence-electron chi connectivity index (χ4n) is 3.20. The quantitative estimate of drug-likeness (QED) is 0.278. The van der Waals surface area contributed by atoms with E-state index < -0.39 is 14.9 Å². The second-order valence-corrected chi connectivity index (χ2v) is 8.77. The van der Waals surface area contributed by atoms with Gasteiger partial charge in [-0.15, -0.1) is 0 Å². The molecule has 11 nitrogen and oxygen atoms in total. The van der Waals surface area contributed by atoms with Crippen LogP contribution in [0, 0.1) is 10.1 Å². The standard InChI is InChI=1S/C22H20N4O7S/c1-14(15-7-10-20-21(11-15)33-13-32-20)23-24-18-9-8-16(26(27)28)12-22(18)34(29,30)25-17-5-3-4-6-19(17)31-2/h3-12,24-25H,13H2,1-2H3. The first-order chi connectivity index (χ1) is 16.3. The maximum atomic E-state index is 13.2. The largest absolute Gasteiger partial charge is 0.495 e. The molecule has 3 aromatic rings. The van der Waals surface area contributed by atoms with Crippen LogP contribution in [-0.2, 0) is 10.0 Å². The molecule has 1 aliphatic heterocycles. The zero-order valence-corrected chi connectivity index (χ0v) is 19.0. The van der Waals surface area contributed by atoms with Crippen LogP contribution in [0.5, 0.6) is 17.2 Å². The molecule has 3 aromatic carbocycles. The summed E-state index contributed by atoms with van der Waals surface area (Å²) in [5, 5.41) is 15.6. The van der Waals surface area contributed by atoms with Gasteiger partial charge in [0.1, 0.15) is 10.6 Å². The zero-order valence-electron chi connectivity index (χ0n) is 18.1. The number of ether oxygens (including phenoxy) is 3. The molecular formula is C22H20N4O7S. The maximum absolute atomic E-state index is 13.2. The van der Waals surface area contributed by atoms with Crippen LogP contribution in [0.2, 0.25) is 0 Å². The summed E-state index contributed by atoms with van der Waals surface area (Å²) in [5.41, 5.74) is 3.80. The van der Waals surface area contributed by atoms with E-state index in [4.69, 9.17) is 14.2 Å². The van der Waals surface area contributed by atoms with E-state index in [-0.39, 0.29) is 28.8 Å². The third-order valence-corrected chi connectivity index (χ3v) is 6.36. The van der Waals surface area contributed by atoms with E-state index in [1.165, 1.54) is 25.3 Å². The van der Waals surface area contributed by atoms with Gasteiger partial charge in [0.2, 0.25) is 6.79 Å². The Morgan fingerprint density at radius 2 is 1.82 bits per heavy atom. The Bertz CT molecular complexity index is 1390. The number of non-ortho nitro benzene ring substituents is 1. The minimum atomic E-state index is -4.26. The van der Waals surface area contributed by atoms with E-state index in [9.17, 15) is 18.5 Å². The number of hydrogen-bond donors (Lipinski definition) is 2. The van der Waals surface area contributed by atoms with Gasteiger partial charge in [0.15, 0.2) is 11.5 Å². The molecule has 2 N–H and O–H groups in total. The zero-order chi connectivity index (χ0) is 24.3. The van der Waals surface area contributed by atoms with Crippen molar-refractivity contribution >= 4 is 32.8 Å². The number of hydrogen-bond acceptors (Lipinski definition) is 9. The summed E-state index contributed by atoms with van der Waals surface area (Å²) in [6.07, 6.45) is 0. The van der Waals surface area contributed by atoms with Crippen molar-refractivity contribution in [2.24, 2.45) is 5.10 Å². The lowest BCUT2D eigenvalue weighted by molar-refractivity contribution is -0.385. The summed E-state index contributed by atoms with van der Waals surface area (Å²) in [7, 11) is -2.85. The van der Waals surface area contributed by atoms with Crippen LogP contribution in [0.25, 0.3) is 0 Å². The molecule has 0 saturated heterocycles. The van der Waals surface area contributed by atoms with Gasteiger partial charge < -0.3 is 14.2 Å². The maximum Gasteiger partial charge on any atom is 0.270 e. The Balaban J connectivity index is 1.68. The SMILES string of the molecule is COc1ccccc1NS(=O)(=O)c1cc([N+](=O)[O-])ccc1NN=C(C)c1ccc2c(c1)OCO2. The van der Waals surface area contributed by atoms with E-state index in [1.54, 1.807) is 43.3 Å². The smallest absolute Gasteiger partial charge is 0.270 e. The normalized spacial score (nSPS) is 12.8. The first-order valence-electron chi connectivity index (χ1n) is 9.93. The Morgan fingerprint density at radius 1 is 1.06 bits per heavy atom. The van der Waals surface area contributed by atoms with Gasteiger partial charge in [0, 0.05) is 17.7 Å². The Kier molecular flexibility index (Phi) is 6.23. The molecule has 0 radical (unpaired) electrons. The molecule has 12 heteroatoms. The van der Waals surface area contributed by atoms with Crippen LogP contribution in [0.1, 0.15) is 12.5 Å². The molecule has 0 unspecified atom stereocenters. The van der Waals surface area contributed by atoms with Gasteiger partial charge >= 0.3 is 0 Å². The van der Waals surface area contributed by atoms with Gasteiger partial charge in [0.05, 0.1) is 29.1 Å². The van der Waals surface area contributed by atoms with Crippen LogP contribution in [0.4, 0.5) is 17.1 Å². The molecule has 0 aliphatic carbocycles. The summed E-state index contributed by atoms with van der Waals surface area (Å²) in [4.78, 5) is 10.3. The second kappa shape index (κ2) is 9.27. The van der Waals surface area contributed by atoms with Crippen LogP contribution in [0.15, 0.2) is 70.7 Å². The number of rotatable bonds is 8. The van der Waals surface area contributed by atoms with Gasteiger partial charge in [0.25, 0.3) is 15.7 Å². The molecule has 176 valence electrons. The molecule has 0 amide bonds. The number of methoxy groups -OCH3 is 1. The molecule has 1 heterocycles. The van der Waals surface area contributed by atoms with Crippen LogP contribution >= 0.6 is 0 Å². The lowest BCUT2D eigenvalue weighted by Gasteiger charge is -2.14. The highest BCUT2D eigenvalue weighted by molar-refractivity contribution is 7.93. The highest BCUT2D eigenvalue weighted by Crippen LogP contribution is 2.33. The monoisotopic (exact) mass is 484 g/mol. The van der Waals surface area contributed by atoms with Crippen molar-refractivity contribution < 1.29 is 27.6 Å². The van der Waals surface area contributed by atoms with Crippen molar-refractivity contribution in [1.82, 2.24) is 0 Å². The molecular weight excluding hydrogens is 464 g/mol. The summed E-state index contributed by atoms with van der Waals surface area (Å²) >= 11 is 0. The topological polar surface area (TPSA) is 141 Å². The number of fused-ring (bicyclic) bond motifs is 1. The number of nitro benzene ring substituents is 1. The van der Waals surface area contributed by atoms with Gasteiger partial charge in [-0.2, -0.15) is 5.10 Å². The molecule has 1 aliphatic rings. The summed E-state index contributed by atoms with van der Waals surface area (Å²) < 4.78 is 44.7. The van der Waals surface area contributed by atoms with E-state index in [0.29, 0.717) is 23.0 Å². The number of sulfonamides is 1. The highest BCUT2D eigenvalue weighted by Gasteiger charge is 2.24. The molecule has 0 fully saturated rings. The lowest BCUT2D eigenvalue weighted by Crippen LogP contribution is -2.16. The summed E-state index contributed by atoms with van der Waals surface area (Å²) in [5.74, 6) is 1.49. The molecule has 0 saturated carbocycles. The molecule has 4 rings (SSSR count). The Labute approximate surface area is 195 Å². The average Bonchev–Trinajstić information content (AvgIpc) is 3.30. The minimum Gasteiger partial charge on any atom is -0.495 e. The fourth-order valence-corrected chi connectivity index (χ4v) is 4.45. The Hall–Kier alpha value is -4.32. The van der Waals surface area contributed by atoms with Crippen LogP contribution in [0.3, 0.4) is 0 Å². The van der Waals surface area contributed by atoms with Crippen LogP contribution in [-0.4, -0.2) is 33.0 Å². The number of nitrogens with one attached hydrogen (secondary N) is 2. The molecule has 34 heavy (non-hydrogen) atoms. The second-order valence-electron chi connectivity index (χ2n) is 7.12. The van der Waals surface area contributed by atoms with Gasteiger partial charge in [-0.25, -0.2) is 8.42 Å². The van der Waals surface area contributed by atoms with E-state index in [2.05, 4.69) is 15.2 Å². The minimum absolute atomic E-state index is 0.0492. The number of hydrazone groups is 1. The number of benzene rings is 3. The number of nitrogens with zero attached hydrogens (tertiary/aromatic N) is 2. The third-order valence-electron chi connectivity index (χ3n) is 4.95. The average molecular weight is 484 g/mol. The van der Waals surface area contributed by atoms with Gasteiger partial charge in [-0.05, 0) is 43.3 Å². The van der Waals surface area contributed by atoms with Crippen molar-refractivity contribution in [3.63, 3.8) is 0 Å². The summed E-state index contributed by atoms with van der Waals surface area (Å²) in [6, 6.07) is 15.1. The Morgan fingerprint density at radius 3 is 2.59 bits per heavy atom. The van der Waals surface area contributed by atoms with Crippen molar-refractivity contribution in [1.29, 1.82) is 0 Å². The predicted octanol–water partition coefficient (Wildman–Crippen LogP) is 3.97. The molecule has 0 aromatic heterocycles. The van der Waals surface area contributed by atoms with Gasteiger partial charge in [-0.3, -0.25) is 20.3 Å². The third kappa shape index (κ3) is 4.71. The summed E-state index contributed by atoms with van der Waals surface area (Å²) in [6.45, 7) is 1.85. The van der Waals surface area contributed by atoms with Crippen molar-refractivity contribution in [3.8, 4) is 17.2 Å². The van der Waals surface area contributed by atoms with Crippen molar-refractivity contribution in [3.05, 3.63) is 76.3 Å². The molecule has 0 spiro atoms. The molecule has 0 atom stereocenters. The molecule has 0 bridgehead atoms. The van der Waals surface area contributed by atoms with Gasteiger partial charge in [-0.1, -0.05) is 12.1 Å². The van der Waals surface area contributed by atoms with E-state index in [0.717, 1.165) is 11.6 Å². The number of para-hydroxylation sites is 2. The first-order valence-corrected chi connectivity index (χ1v) is 11.4. The highest BCUT2D eigenvalue weighted by atomic mass is 32.2. The number of nitro groups is 1. The first kappa shape index (κ1) is 22.9. The van der Waals surface area contributed by atoms with Crippen LogP contribution < -0.4 is 24.4 Å². The predicted molar refractivity (Wildman–Crippen MR) is 125 cm³/mol. The number of anilines is 2. The van der Waals surface area contributed by atoms with Crippen molar-refractivity contribution in [2.75, 3.05) is 24.1 Å². The van der Waals surface area contributed by atoms with E-state index in [1.807, 2.05) is 0 Å². The van der Waals surface area contributed by atoms with Crippen molar-refractivity contribution in [2.45, 2.75) is 11.8 Å². The lowest BCUT2D eigenvalue weighted by atomic mass is 10.1. The fraction of sp³-hybridized carbons (Fsp3) is 0.136.